The molecule has 0 spiro atoms. The van der Waals surface area contributed by atoms with Crippen LogP contribution in [-0.4, -0.2) is 28.7 Å². The quantitative estimate of drug-likeness (QED) is 0.351. The predicted octanol–water partition coefficient (Wildman–Crippen LogP) is 2.33. The molecule has 0 saturated carbocycles. The lowest BCUT2D eigenvalue weighted by atomic mass is 10.1. The van der Waals surface area contributed by atoms with Crippen molar-refractivity contribution in [2.45, 2.75) is 31.7 Å². The van der Waals surface area contributed by atoms with Gasteiger partial charge >= 0.3 is 5.97 Å². The first-order valence-corrected chi connectivity index (χ1v) is 7.97. The molecule has 0 aromatic heterocycles. The van der Waals surface area contributed by atoms with Crippen molar-refractivity contribution in [2.24, 2.45) is 5.73 Å². The molecule has 0 fully saturated rings. The van der Waals surface area contributed by atoms with Gasteiger partial charge in [0.05, 0.1) is 4.99 Å². The van der Waals surface area contributed by atoms with Crippen LogP contribution in [0.25, 0.3) is 0 Å². The van der Waals surface area contributed by atoms with Gasteiger partial charge in [-0.2, -0.15) is 0 Å². The topological polar surface area (TPSA) is 75.3 Å². The van der Waals surface area contributed by atoms with Gasteiger partial charge in [0.25, 0.3) is 0 Å². The minimum absolute atomic E-state index is 0.501. The number of nitrogens with one attached hydrogen (secondary N) is 1. The van der Waals surface area contributed by atoms with Crippen LogP contribution < -0.4 is 11.1 Å². The van der Waals surface area contributed by atoms with Crippen molar-refractivity contribution in [1.29, 1.82) is 0 Å². The molecule has 1 aromatic carbocycles. The standard InChI is InChI=1S/C14H19IN2O2S/c15-11-6-4-10(5-7-11)9-13(20)17-8-2-1-3-12(16)14(18)19/h4-7,12H,1-3,8-9,16H2,(H,17,20)(H,18,19)/t12-/m0/s1. The normalized spacial score (nSPS) is 11.9. The van der Waals surface area contributed by atoms with Crippen molar-refractivity contribution in [2.75, 3.05) is 6.54 Å². The SMILES string of the molecule is N[C@@H](CCCCNC(=S)Cc1ccc(I)cc1)C(=O)O. The summed E-state index contributed by atoms with van der Waals surface area (Å²) in [5, 5.41) is 11.8. The second-order valence-electron chi connectivity index (χ2n) is 4.59. The van der Waals surface area contributed by atoms with Crippen LogP contribution in [0.5, 0.6) is 0 Å². The van der Waals surface area contributed by atoms with E-state index in [1.54, 1.807) is 0 Å². The van der Waals surface area contributed by atoms with E-state index in [0.717, 1.165) is 30.8 Å². The van der Waals surface area contributed by atoms with Crippen LogP contribution in [0.3, 0.4) is 0 Å². The Morgan fingerprint density at radius 3 is 2.60 bits per heavy atom. The zero-order chi connectivity index (χ0) is 15.0. The Morgan fingerprint density at radius 2 is 2.00 bits per heavy atom. The highest BCUT2D eigenvalue weighted by Gasteiger charge is 2.09. The molecule has 1 rings (SSSR count). The number of benzene rings is 1. The molecule has 0 bridgehead atoms. The lowest BCUT2D eigenvalue weighted by molar-refractivity contribution is -0.138. The zero-order valence-electron chi connectivity index (χ0n) is 11.1. The Labute approximate surface area is 138 Å². The number of hydrogen-bond acceptors (Lipinski definition) is 3. The smallest absolute Gasteiger partial charge is 0.320 e. The van der Waals surface area contributed by atoms with E-state index < -0.39 is 12.0 Å². The number of unbranched alkanes of at least 4 members (excludes halogenated alkanes) is 1. The highest BCUT2D eigenvalue weighted by Crippen LogP contribution is 2.07. The van der Waals surface area contributed by atoms with Crippen molar-refractivity contribution < 1.29 is 9.90 Å². The van der Waals surface area contributed by atoms with Gasteiger partial charge in [0.1, 0.15) is 6.04 Å². The summed E-state index contributed by atoms with van der Waals surface area (Å²) in [6.07, 6.45) is 2.89. The van der Waals surface area contributed by atoms with E-state index in [4.69, 9.17) is 23.1 Å². The molecule has 4 nitrogen and oxygen atoms in total. The summed E-state index contributed by atoms with van der Waals surface area (Å²) in [4.78, 5) is 11.4. The molecule has 0 aliphatic heterocycles. The molecule has 0 aliphatic carbocycles. The maximum absolute atomic E-state index is 10.5. The fourth-order valence-corrected chi connectivity index (χ4v) is 2.32. The molecular formula is C14H19IN2O2S. The average molecular weight is 406 g/mol. The van der Waals surface area contributed by atoms with Crippen molar-refractivity contribution in [1.82, 2.24) is 5.32 Å². The molecular weight excluding hydrogens is 387 g/mol. The maximum Gasteiger partial charge on any atom is 0.320 e. The van der Waals surface area contributed by atoms with Gasteiger partial charge < -0.3 is 16.2 Å². The van der Waals surface area contributed by atoms with E-state index in [-0.39, 0.29) is 0 Å². The number of aliphatic carboxylic acids is 1. The molecule has 0 unspecified atom stereocenters. The predicted molar refractivity (Wildman–Crippen MR) is 92.9 cm³/mol. The van der Waals surface area contributed by atoms with Crippen LogP contribution in [0.15, 0.2) is 24.3 Å². The van der Waals surface area contributed by atoms with Gasteiger partial charge in [0.2, 0.25) is 0 Å². The molecule has 4 N–H and O–H groups in total. The van der Waals surface area contributed by atoms with Crippen LogP contribution in [0.1, 0.15) is 24.8 Å². The summed E-state index contributed by atoms with van der Waals surface area (Å²) in [5.74, 6) is -0.938. The number of hydrogen-bond donors (Lipinski definition) is 3. The first kappa shape index (κ1) is 17.3. The zero-order valence-corrected chi connectivity index (χ0v) is 14.1. The van der Waals surface area contributed by atoms with E-state index in [0.29, 0.717) is 6.42 Å². The average Bonchev–Trinajstić information content (AvgIpc) is 2.40. The second-order valence-corrected chi connectivity index (χ2v) is 6.33. The van der Waals surface area contributed by atoms with Crippen molar-refractivity contribution in [3.8, 4) is 0 Å². The molecule has 0 amide bonds. The second kappa shape index (κ2) is 9.25. The molecule has 1 atom stereocenters. The molecule has 0 saturated heterocycles. The molecule has 1 aromatic rings. The number of carbonyl (C=O) groups is 1. The Hall–Kier alpha value is -0.730. The van der Waals surface area contributed by atoms with E-state index >= 15 is 0 Å². The molecule has 20 heavy (non-hydrogen) atoms. The van der Waals surface area contributed by atoms with E-state index in [1.165, 1.54) is 9.13 Å². The van der Waals surface area contributed by atoms with Crippen LogP contribution >= 0.6 is 34.8 Å². The molecule has 110 valence electrons. The fraction of sp³-hybridized carbons (Fsp3) is 0.429. The summed E-state index contributed by atoms with van der Waals surface area (Å²) in [6.45, 7) is 0.759. The lowest BCUT2D eigenvalue weighted by Gasteiger charge is -2.09. The third kappa shape index (κ3) is 7.16. The Balaban J connectivity index is 2.14. The Morgan fingerprint density at radius 1 is 1.35 bits per heavy atom. The van der Waals surface area contributed by atoms with Crippen molar-refractivity contribution >= 4 is 45.8 Å². The molecule has 0 heterocycles. The highest BCUT2D eigenvalue weighted by molar-refractivity contribution is 14.1. The summed E-state index contributed by atoms with van der Waals surface area (Å²) >= 11 is 7.55. The Kier molecular flexibility index (Phi) is 8.01. The van der Waals surface area contributed by atoms with Gasteiger partial charge in [-0.3, -0.25) is 4.79 Å². The maximum atomic E-state index is 10.5. The fourth-order valence-electron chi connectivity index (χ4n) is 1.69. The number of halogens is 1. The van der Waals surface area contributed by atoms with Gasteiger partial charge in [-0.15, -0.1) is 0 Å². The van der Waals surface area contributed by atoms with Crippen molar-refractivity contribution in [3.63, 3.8) is 0 Å². The van der Waals surface area contributed by atoms with E-state index in [2.05, 4.69) is 52.2 Å². The van der Waals surface area contributed by atoms with Crippen LogP contribution in [0, 0.1) is 3.57 Å². The number of carboxylic acid groups (broad SMARTS) is 1. The van der Waals surface area contributed by atoms with Crippen LogP contribution in [-0.2, 0) is 11.2 Å². The largest absolute Gasteiger partial charge is 0.480 e. The third-order valence-electron chi connectivity index (χ3n) is 2.86. The van der Waals surface area contributed by atoms with E-state index in [1.807, 2.05) is 0 Å². The van der Waals surface area contributed by atoms with Gasteiger partial charge in [-0.25, -0.2) is 0 Å². The number of thiocarbonyl (C=S) groups is 1. The number of nitrogens with two attached hydrogens (primary N) is 1. The highest BCUT2D eigenvalue weighted by atomic mass is 127. The summed E-state index contributed by atoms with van der Waals surface area (Å²) in [5.41, 5.74) is 6.62. The van der Waals surface area contributed by atoms with Gasteiger partial charge in [-0.05, 0) is 59.5 Å². The van der Waals surface area contributed by atoms with Crippen LogP contribution in [0.4, 0.5) is 0 Å². The molecule has 0 radical (unpaired) electrons. The summed E-state index contributed by atoms with van der Waals surface area (Å²) in [6, 6.07) is 7.51. The minimum atomic E-state index is -0.938. The first-order chi connectivity index (χ1) is 9.49. The number of carboxylic acids is 1. The Bertz CT molecular complexity index is 451. The third-order valence-corrected chi connectivity index (χ3v) is 3.87. The first-order valence-electron chi connectivity index (χ1n) is 6.48. The van der Waals surface area contributed by atoms with Crippen molar-refractivity contribution in [3.05, 3.63) is 33.4 Å². The number of rotatable bonds is 8. The molecule has 6 heteroatoms. The van der Waals surface area contributed by atoms with Gasteiger partial charge in [0, 0.05) is 16.5 Å². The molecule has 0 aliphatic rings. The monoisotopic (exact) mass is 406 g/mol. The van der Waals surface area contributed by atoms with Gasteiger partial charge in [-0.1, -0.05) is 24.4 Å². The minimum Gasteiger partial charge on any atom is -0.480 e. The lowest BCUT2D eigenvalue weighted by Crippen LogP contribution is -2.30. The van der Waals surface area contributed by atoms with Gasteiger partial charge in [0.15, 0.2) is 0 Å². The van der Waals surface area contributed by atoms with E-state index in [9.17, 15) is 4.79 Å². The van der Waals surface area contributed by atoms with Crippen LogP contribution in [0.2, 0.25) is 0 Å². The summed E-state index contributed by atoms with van der Waals surface area (Å²) in [7, 11) is 0. The summed E-state index contributed by atoms with van der Waals surface area (Å²) < 4.78 is 1.21.